The summed E-state index contributed by atoms with van der Waals surface area (Å²) in [5, 5.41) is 17.1. The average molecular weight is 309 g/mol. The highest BCUT2D eigenvalue weighted by Crippen LogP contribution is 2.32. The second kappa shape index (κ2) is 6.62. The zero-order chi connectivity index (χ0) is 15.4. The van der Waals surface area contributed by atoms with Crippen molar-refractivity contribution in [1.29, 1.82) is 0 Å². The maximum Gasteiger partial charge on any atom is 0.387 e. The number of ether oxygens (including phenoxy) is 1. The molecule has 1 aromatic carbocycles. The lowest BCUT2D eigenvalue weighted by Crippen LogP contribution is -2.15. The molecule has 20 heavy (non-hydrogen) atoms. The van der Waals surface area contributed by atoms with Crippen LogP contribution in [0.1, 0.15) is 29.5 Å². The van der Waals surface area contributed by atoms with E-state index >= 15 is 0 Å². The van der Waals surface area contributed by atoms with Gasteiger partial charge in [0.2, 0.25) is 0 Å². The number of carbonyl (C=O) groups is 2. The summed E-state index contributed by atoms with van der Waals surface area (Å²) < 4.78 is 28.4. The van der Waals surface area contributed by atoms with Gasteiger partial charge in [-0.2, -0.15) is 8.78 Å². The van der Waals surface area contributed by atoms with Crippen LogP contribution in [0.2, 0.25) is 0 Å². The Balaban J connectivity index is 3.29. The smallest absolute Gasteiger partial charge is 0.387 e. The predicted molar refractivity (Wildman–Crippen MR) is 64.9 cm³/mol. The minimum absolute atomic E-state index is 0.0238. The number of halogens is 3. The third-order valence-electron chi connectivity index (χ3n) is 2.44. The van der Waals surface area contributed by atoms with Gasteiger partial charge in [-0.05, 0) is 24.6 Å². The molecule has 0 heterocycles. The Labute approximate surface area is 117 Å². The topological polar surface area (TPSA) is 83.8 Å². The van der Waals surface area contributed by atoms with Gasteiger partial charge in [0.1, 0.15) is 11.1 Å². The number of aliphatic hydroxyl groups is 1. The van der Waals surface area contributed by atoms with E-state index < -0.39 is 29.8 Å². The number of carboxylic acid groups (broad SMARTS) is 1. The van der Waals surface area contributed by atoms with Crippen molar-refractivity contribution in [3.63, 3.8) is 0 Å². The predicted octanol–water partition coefficient (Wildman–Crippen LogP) is 2.27. The van der Waals surface area contributed by atoms with Crippen LogP contribution >= 0.6 is 11.6 Å². The summed E-state index contributed by atoms with van der Waals surface area (Å²) in [5.41, 5.74) is -0.249. The zero-order valence-corrected chi connectivity index (χ0v) is 11.0. The lowest BCUT2D eigenvalue weighted by molar-refractivity contribution is -0.147. The fourth-order valence-electron chi connectivity index (χ4n) is 1.55. The molecule has 0 aliphatic rings. The van der Waals surface area contributed by atoms with Crippen molar-refractivity contribution in [2.45, 2.75) is 25.0 Å². The Morgan fingerprint density at radius 3 is 2.35 bits per heavy atom. The summed E-state index contributed by atoms with van der Waals surface area (Å²) in [4.78, 5) is 22.1. The summed E-state index contributed by atoms with van der Waals surface area (Å²) in [5.74, 6) is -2.42. The molecule has 110 valence electrons. The van der Waals surface area contributed by atoms with Crippen molar-refractivity contribution >= 4 is 23.4 Å². The van der Waals surface area contributed by atoms with E-state index in [9.17, 15) is 23.5 Å². The largest absolute Gasteiger partial charge is 0.479 e. The zero-order valence-electron chi connectivity index (χ0n) is 10.2. The lowest BCUT2D eigenvalue weighted by Gasteiger charge is -2.16. The number of rotatable bonds is 6. The fourth-order valence-corrected chi connectivity index (χ4v) is 1.75. The molecule has 0 bridgehead atoms. The van der Waals surface area contributed by atoms with E-state index in [2.05, 4.69) is 4.74 Å². The lowest BCUT2D eigenvalue weighted by atomic mass is 9.97. The molecule has 0 aliphatic heterocycles. The van der Waals surface area contributed by atoms with Crippen molar-refractivity contribution in [3.05, 3.63) is 29.3 Å². The Kier molecular flexibility index (Phi) is 5.41. The van der Waals surface area contributed by atoms with Gasteiger partial charge in [-0.3, -0.25) is 4.79 Å². The van der Waals surface area contributed by atoms with Crippen LogP contribution in [-0.2, 0) is 9.59 Å². The maximum atomic E-state index is 12.1. The van der Waals surface area contributed by atoms with E-state index in [4.69, 9.17) is 16.7 Å². The van der Waals surface area contributed by atoms with Gasteiger partial charge in [-0.25, -0.2) is 4.79 Å². The number of hydrogen-bond donors (Lipinski definition) is 2. The van der Waals surface area contributed by atoms with Gasteiger partial charge >= 0.3 is 12.6 Å². The molecular weight excluding hydrogens is 298 g/mol. The average Bonchev–Trinajstić information content (AvgIpc) is 2.35. The third-order valence-corrected chi connectivity index (χ3v) is 2.98. The van der Waals surface area contributed by atoms with E-state index in [-0.39, 0.29) is 16.9 Å². The third kappa shape index (κ3) is 3.88. The molecule has 0 radical (unpaired) electrons. The second-order valence-corrected chi connectivity index (χ2v) is 4.32. The van der Waals surface area contributed by atoms with Crippen molar-refractivity contribution in [2.75, 3.05) is 0 Å². The van der Waals surface area contributed by atoms with Crippen LogP contribution in [0.5, 0.6) is 5.75 Å². The van der Waals surface area contributed by atoms with E-state index in [0.717, 1.165) is 18.2 Å². The first-order chi connectivity index (χ1) is 9.23. The van der Waals surface area contributed by atoms with E-state index in [1.165, 1.54) is 6.92 Å². The first-order valence-corrected chi connectivity index (χ1v) is 5.81. The summed E-state index contributed by atoms with van der Waals surface area (Å²) in [6.45, 7) is -1.92. The summed E-state index contributed by atoms with van der Waals surface area (Å²) in [6, 6.07) is 3.19. The van der Waals surface area contributed by atoms with E-state index in [1.807, 2.05) is 0 Å². The van der Waals surface area contributed by atoms with Crippen LogP contribution in [0.4, 0.5) is 8.78 Å². The molecule has 0 fully saturated rings. The summed E-state index contributed by atoms with van der Waals surface area (Å²) in [6.07, 6.45) is -2.01. The van der Waals surface area contributed by atoms with Gasteiger partial charge in [0.25, 0.3) is 0 Å². The Bertz CT molecular complexity index is 521. The molecule has 8 heteroatoms. The minimum atomic E-state index is -3.10. The van der Waals surface area contributed by atoms with Gasteiger partial charge in [0, 0.05) is 5.56 Å². The van der Waals surface area contributed by atoms with Crippen molar-refractivity contribution < 1.29 is 33.3 Å². The highest BCUT2D eigenvalue weighted by Gasteiger charge is 2.26. The molecule has 1 rings (SSSR count). The Hall–Kier alpha value is -1.73. The molecule has 2 atom stereocenters. The van der Waals surface area contributed by atoms with Crippen LogP contribution < -0.4 is 4.74 Å². The molecule has 0 saturated carbocycles. The molecular formula is C12H11ClF2O5. The first-order valence-electron chi connectivity index (χ1n) is 5.38. The summed E-state index contributed by atoms with van der Waals surface area (Å²) in [7, 11) is 0. The highest BCUT2D eigenvalue weighted by molar-refractivity contribution is 6.31. The second-order valence-electron chi connectivity index (χ2n) is 3.88. The van der Waals surface area contributed by atoms with Crippen molar-refractivity contribution in [2.24, 2.45) is 0 Å². The molecule has 0 aliphatic carbocycles. The van der Waals surface area contributed by atoms with Crippen molar-refractivity contribution in [3.8, 4) is 5.75 Å². The quantitative estimate of drug-likeness (QED) is 0.788. The molecule has 0 amide bonds. The van der Waals surface area contributed by atoms with E-state index in [1.54, 1.807) is 0 Å². The Morgan fingerprint density at radius 2 is 1.90 bits per heavy atom. The molecule has 0 aromatic heterocycles. The van der Waals surface area contributed by atoms with Crippen LogP contribution in [0, 0.1) is 0 Å². The SMILES string of the molecule is CC(=O)C(Cl)c1ccc(OC(F)F)cc1C(O)C(=O)O. The molecule has 5 nitrogen and oxygen atoms in total. The van der Waals surface area contributed by atoms with Gasteiger partial charge in [-0.1, -0.05) is 6.07 Å². The molecule has 2 unspecified atom stereocenters. The summed E-state index contributed by atoms with van der Waals surface area (Å²) >= 11 is 5.81. The normalized spacial score (nSPS) is 13.9. The number of hydrogen-bond acceptors (Lipinski definition) is 4. The molecule has 0 spiro atoms. The first kappa shape index (κ1) is 16.3. The fraction of sp³-hybridized carbons (Fsp3) is 0.333. The standard InChI is InChI=1S/C12H11ClF2O5/c1-5(16)9(13)7-3-2-6(20-12(14)15)4-8(7)10(17)11(18)19/h2-4,9-10,12,17H,1H3,(H,18,19). The maximum absolute atomic E-state index is 12.1. The molecule has 0 saturated heterocycles. The minimum Gasteiger partial charge on any atom is -0.479 e. The highest BCUT2D eigenvalue weighted by atomic mass is 35.5. The number of aliphatic carboxylic acids is 1. The molecule has 2 N–H and O–H groups in total. The van der Waals surface area contributed by atoms with Crippen LogP contribution in [-0.4, -0.2) is 28.6 Å². The van der Waals surface area contributed by atoms with Gasteiger partial charge < -0.3 is 14.9 Å². The molecule has 1 aromatic rings. The van der Waals surface area contributed by atoms with E-state index in [0.29, 0.717) is 0 Å². The number of aliphatic hydroxyl groups excluding tert-OH is 1. The number of Topliss-reactive ketones (excluding diaryl/α,β-unsaturated/α-hetero) is 1. The number of benzene rings is 1. The van der Waals surface area contributed by atoms with Crippen LogP contribution in [0.15, 0.2) is 18.2 Å². The number of carboxylic acids is 1. The van der Waals surface area contributed by atoms with Gasteiger partial charge in [0.05, 0.1) is 0 Å². The Morgan fingerprint density at radius 1 is 1.30 bits per heavy atom. The number of alkyl halides is 3. The van der Waals surface area contributed by atoms with Crippen LogP contribution in [0.25, 0.3) is 0 Å². The van der Waals surface area contributed by atoms with Crippen molar-refractivity contribution in [1.82, 2.24) is 0 Å². The number of carbonyl (C=O) groups excluding carboxylic acids is 1. The van der Waals surface area contributed by atoms with Gasteiger partial charge in [0.15, 0.2) is 11.9 Å². The van der Waals surface area contributed by atoms with Crippen LogP contribution in [0.3, 0.4) is 0 Å². The number of ketones is 1. The monoisotopic (exact) mass is 308 g/mol. The van der Waals surface area contributed by atoms with Gasteiger partial charge in [-0.15, -0.1) is 11.6 Å².